The molecule has 180 valence electrons. The molecule has 0 bridgehead atoms. The molecule has 2 heteroatoms. The summed E-state index contributed by atoms with van der Waals surface area (Å²) in [6.45, 7) is 18.2. The molecule has 1 nitrogen and oxygen atoms in total. The molecule has 0 radical (unpaired) electrons. The highest BCUT2D eigenvalue weighted by atomic mass is 19.1. The number of halogens is 1. The van der Waals surface area contributed by atoms with Crippen molar-refractivity contribution in [3.63, 3.8) is 0 Å². The number of hydrogen-bond donors (Lipinski definition) is 0. The Hall–Kier alpha value is -2.22. The third-order valence-corrected chi connectivity index (χ3v) is 9.63. The van der Waals surface area contributed by atoms with Crippen molar-refractivity contribution in [2.45, 2.75) is 104 Å². The summed E-state index contributed by atoms with van der Waals surface area (Å²) in [5.41, 5.74) is 7.75. The fourth-order valence-electron chi connectivity index (χ4n) is 7.24. The predicted octanol–water partition coefficient (Wildman–Crippen LogP) is 8.49. The maximum absolute atomic E-state index is 16.2. The molecule has 34 heavy (non-hydrogen) atoms. The van der Waals surface area contributed by atoms with Crippen LogP contribution in [0.15, 0.2) is 30.5 Å². The van der Waals surface area contributed by atoms with Gasteiger partial charge in [0.25, 0.3) is 0 Å². The number of aryl methyl sites for hydroxylation is 2. The van der Waals surface area contributed by atoms with Crippen LogP contribution in [0.1, 0.15) is 108 Å². The molecule has 0 saturated heterocycles. The summed E-state index contributed by atoms with van der Waals surface area (Å²) in [6, 6.07) is 9.31. The van der Waals surface area contributed by atoms with Crippen molar-refractivity contribution in [1.29, 1.82) is 0 Å². The molecular weight excluding hydrogens is 417 g/mol. The molecule has 2 aromatic carbocycles. The zero-order valence-corrected chi connectivity index (χ0v) is 22.4. The summed E-state index contributed by atoms with van der Waals surface area (Å²) in [5, 5.41) is 2.65. The van der Waals surface area contributed by atoms with E-state index in [0.29, 0.717) is 11.8 Å². The first-order chi connectivity index (χ1) is 16.1. The first-order valence-electron chi connectivity index (χ1n) is 13.5. The van der Waals surface area contributed by atoms with E-state index in [1.54, 1.807) is 0 Å². The highest BCUT2D eigenvalue weighted by molar-refractivity contribution is 6.01. The van der Waals surface area contributed by atoms with Crippen LogP contribution in [0.5, 0.6) is 0 Å². The van der Waals surface area contributed by atoms with Crippen LogP contribution in [0.25, 0.3) is 22.0 Å². The van der Waals surface area contributed by atoms with Crippen LogP contribution in [0, 0.1) is 18.7 Å². The first-order valence-corrected chi connectivity index (χ1v) is 13.5. The maximum Gasteiger partial charge on any atom is 0.221 e. The Labute approximate surface area is 205 Å². The molecule has 0 spiro atoms. The average Bonchev–Trinajstić information content (AvgIpc) is 2.89. The maximum atomic E-state index is 16.2. The van der Waals surface area contributed by atoms with Crippen molar-refractivity contribution < 1.29 is 8.96 Å². The zero-order chi connectivity index (χ0) is 24.6. The Balaban J connectivity index is 2.02. The second kappa shape index (κ2) is 7.90. The minimum Gasteiger partial charge on any atom is -0.206 e. The van der Waals surface area contributed by atoms with Gasteiger partial charge in [-0.2, -0.15) is 4.57 Å². The van der Waals surface area contributed by atoms with Crippen molar-refractivity contribution in [3.05, 3.63) is 64.1 Å². The molecule has 0 fully saturated rings. The van der Waals surface area contributed by atoms with E-state index in [1.165, 1.54) is 51.6 Å². The third-order valence-electron chi connectivity index (χ3n) is 9.63. The fourth-order valence-corrected chi connectivity index (χ4v) is 7.24. The number of unbranched alkanes of at least 4 members (excludes halogenated alkanes) is 1. The molecule has 0 N–H and O–H groups in total. The van der Waals surface area contributed by atoms with Crippen molar-refractivity contribution in [3.8, 4) is 11.3 Å². The normalized spacial score (nSPS) is 24.4. The highest BCUT2D eigenvalue weighted by Crippen LogP contribution is 2.55. The van der Waals surface area contributed by atoms with Gasteiger partial charge in [-0.1, -0.05) is 66.2 Å². The summed E-state index contributed by atoms with van der Waals surface area (Å²) >= 11 is 0. The van der Waals surface area contributed by atoms with Gasteiger partial charge in [0.1, 0.15) is 5.82 Å². The summed E-state index contributed by atoms with van der Waals surface area (Å²) in [5.74, 6) is 0.824. The highest BCUT2D eigenvalue weighted by Gasteiger charge is 2.52. The molecule has 3 unspecified atom stereocenters. The smallest absolute Gasteiger partial charge is 0.206 e. The average molecular weight is 459 g/mol. The first kappa shape index (κ1) is 23.5. The van der Waals surface area contributed by atoms with Gasteiger partial charge in [-0.25, -0.2) is 4.39 Å². The van der Waals surface area contributed by atoms with Crippen molar-refractivity contribution in [2.75, 3.05) is 0 Å². The van der Waals surface area contributed by atoms with Gasteiger partial charge in [0, 0.05) is 36.3 Å². The van der Waals surface area contributed by atoms with Crippen LogP contribution >= 0.6 is 0 Å². The lowest BCUT2D eigenvalue weighted by molar-refractivity contribution is -0.759. The molecule has 3 atom stereocenters. The molecular formula is C32H41FN+. The van der Waals surface area contributed by atoms with Crippen LogP contribution in [0.2, 0.25) is 0 Å². The van der Waals surface area contributed by atoms with E-state index < -0.39 is 0 Å². The number of rotatable bonds is 5. The van der Waals surface area contributed by atoms with E-state index in [2.05, 4.69) is 83.5 Å². The molecule has 2 aliphatic rings. The van der Waals surface area contributed by atoms with Gasteiger partial charge in [0.05, 0.1) is 10.9 Å². The largest absolute Gasteiger partial charge is 0.221 e. The van der Waals surface area contributed by atoms with Crippen LogP contribution in [0.4, 0.5) is 4.39 Å². The van der Waals surface area contributed by atoms with Crippen LogP contribution in [-0.4, -0.2) is 0 Å². The van der Waals surface area contributed by atoms with Crippen LogP contribution in [0.3, 0.4) is 0 Å². The van der Waals surface area contributed by atoms with E-state index in [-0.39, 0.29) is 16.8 Å². The van der Waals surface area contributed by atoms with E-state index in [4.69, 9.17) is 0 Å². The lowest BCUT2D eigenvalue weighted by Gasteiger charge is -2.36. The van der Waals surface area contributed by atoms with Crippen molar-refractivity contribution >= 4 is 10.8 Å². The minimum atomic E-state index is -0.388. The Bertz CT molecular complexity index is 1300. The van der Waals surface area contributed by atoms with Gasteiger partial charge >= 0.3 is 0 Å². The summed E-state index contributed by atoms with van der Waals surface area (Å²) in [4.78, 5) is 0. The Morgan fingerprint density at radius 3 is 2.44 bits per heavy atom. The summed E-state index contributed by atoms with van der Waals surface area (Å²) in [6.07, 6.45) is 7.87. The SMILES string of the molecule is CCCCc1cc2c3c4[n+](ccc3c1)C(C)(CC)C(C)C(CC)c1cc(C)c(F)c(c1-4)C2(C)C. The predicted molar refractivity (Wildman–Crippen MR) is 141 cm³/mol. The molecule has 0 saturated carbocycles. The molecule has 2 heterocycles. The Morgan fingerprint density at radius 2 is 1.79 bits per heavy atom. The van der Waals surface area contributed by atoms with E-state index in [1.807, 2.05) is 6.92 Å². The second-order valence-corrected chi connectivity index (χ2v) is 11.7. The van der Waals surface area contributed by atoms with Gasteiger partial charge < -0.3 is 0 Å². The molecule has 0 amide bonds. The Kier molecular flexibility index (Phi) is 5.47. The van der Waals surface area contributed by atoms with Gasteiger partial charge in [-0.15, -0.1) is 0 Å². The summed E-state index contributed by atoms with van der Waals surface area (Å²) in [7, 11) is 0. The Morgan fingerprint density at radius 1 is 1.06 bits per heavy atom. The number of pyridine rings is 1. The molecule has 3 aromatic rings. The van der Waals surface area contributed by atoms with E-state index >= 15 is 4.39 Å². The van der Waals surface area contributed by atoms with Crippen molar-refractivity contribution in [2.24, 2.45) is 5.92 Å². The molecule has 1 aliphatic heterocycles. The van der Waals surface area contributed by atoms with Gasteiger partial charge in [-0.05, 0) is 59.7 Å². The van der Waals surface area contributed by atoms with Crippen molar-refractivity contribution in [1.82, 2.24) is 0 Å². The van der Waals surface area contributed by atoms with Crippen LogP contribution < -0.4 is 4.57 Å². The topological polar surface area (TPSA) is 3.88 Å². The van der Waals surface area contributed by atoms with Gasteiger partial charge in [0.2, 0.25) is 5.69 Å². The molecule has 1 aromatic heterocycles. The minimum absolute atomic E-state index is 0.0143. The quantitative estimate of drug-likeness (QED) is 0.337. The fraction of sp³-hybridized carbons (Fsp3) is 0.531. The van der Waals surface area contributed by atoms with Crippen LogP contribution in [-0.2, 0) is 17.4 Å². The lowest BCUT2D eigenvalue weighted by Crippen LogP contribution is -2.59. The molecule has 1 aliphatic carbocycles. The summed E-state index contributed by atoms with van der Waals surface area (Å²) < 4.78 is 18.8. The van der Waals surface area contributed by atoms with Gasteiger partial charge in [-0.3, -0.25) is 0 Å². The number of aromatic nitrogens is 1. The monoisotopic (exact) mass is 458 g/mol. The van der Waals surface area contributed by atoms with E-state index in [9.17, 15) is 0 Å². The number of hydrogen-bond acceptors (Lipinski definition) is 0. The lowest BCUT2D eigenvalue weighted by atomic mass is 9.66. The standard InChI is InChI=1S/C32H41FN/c1-9-12-13-21-17-22-14-15-34-30-26(22)25(18-21)31(6,7)28-27(30)24(16-19(4)29(28)33)23(10-2)20(5)32(34,8)11-3/h14-18,20,23H,9-13H2,1-8H3/q+1. The van der Waals surface area contributed by atoms with Gasteiger partial charge in [0.15, 0.2) is 11.7 Å². The van der Waals surface area contributed by atoms with E-state index in [0.717, 1.165) is 30.4 Å². The zero-order valence-electron chi connectivity index (χ0n) is 22.4. The second-order valence-electron chi connectivity index (χ2n) is 11.7. The molecule has 5 rings (SSSR count). The third kappa shape index (κ3) is 2.93. The number of nitrogens with zero attached hydrogens (tertiary/aromatic N) is 1. The number of benzene rings is 2.